The van der Waals surface area contributed by atoms with Gasteiger partial charge in [0.2, 0.25) is 11.8 Å². The molecule has 6 aromatic rings. The van der Waals surface area contributed by atoms with Crippen LogP contribution in [-0.2, 0) is 54.7 Å². The molecule has 1 heterocycles. The lowest BCUT2D eigenvalue weighted by Crippen LogP contribution is -2.57. The van der Waals surface area contributed by atoms with Crippen molar-refractivity contribution < 1.29 is 43.0 Å². The summed E-state index contributed by atoms with van der Waals surface area (Å²) in [6.45, 7) is -0.195. The Morgan fingerprint density at radius 1 is 0.559 bits per heavy atom. The summed E-state index contributed by atoms with van der Waals surface area (Å²) >= 11 is 0. The minimum atomic E-state index is -1.50. The molecule has 0 fully saturated rings. The van der Waals surface area contributed by atoms with Crippen LogP contribution in [0.4, 0.5) is 0 Å². The fourth-order valence-corrected chi connectivity index (χ4v) is 6.14. The second kappa shape index (κ2) is 20.1. The van der Waals surface area contributed by atoms with Gasteiger partial charge in [0.1, 0.15) is 48.2 Å². The summed E-state index contributed by atoms with van der Waals surface area (Å²) in [6, 6.07) is 36.6. The Morgan fingerprint density at radius 2 is 1.03 bits per heavy atom. The number of nitrogens with one attached hydrogen (secondary N) is 3. The van der Waals surface area contributed by atoms with Gasteiger partial charge in [-0.1, -0.05) is 121 Å². The monoisotopic (exact) mass is 795 g/mol. The average Bonchev–Trinajstić information content (AvgIpc) is 3.25. The minimum absolute atomic E-state index is 0.0352. The molecule has 5 aromatic carbocycles. The molecule has 0 radical (unpaired) electrons. The maximum Gasteiger partial charge on any atom is 0.349 e. The Balaban J connectivity index is 1.24. The third kappa shape index (κ3) is 12.0. The number of hydrogen-bond acceptors (Lipinski definition) is 10. The Labute approximate surface area is 339 Å². The summed E-state index contributed by atoms with van der Waals surface area (Å²) in [5.74, 6) is -4.32. The minimum Gasteiger partial charge on any atom is -0.508 e. The van der Waals surface area contributed by atoms with Crippen LogP contribution in [0.5, 0.6) is 5.75 Å². The standard InChI is InChI=1S/C46H41N3O10/c50-35-22-21-34-25-36(45(55)59-40(34)26-35)42(52)47-37(23-30-13-5-1-6-14-30)43(53)48-38(24-31-15-7-2-8-16-31)44(54)49-39(46(56)58-29-33-19-11-4-12-20-33)27-41(51)57-28-32-17-9-3-10-18-32/h1-22,25-26,37-39,50H,23-24,27-29H2,(H,47,52)(H,48,53)(H,49,54)/t37-,38-,39-/m0/s1. The molecule has 0 spiro atoms. The SMILES string of the molecule is O=C(C[C@H](NC(=O)[C@H](Cc1ccccc1)NC(=O)[C@H](Cc1ccccc1)NC(=O)c1cc2ccc(O)cc2oc1=O)C(=O)OCc1ccccc1)OCc1ccccc1. The number of fused-ring (bicyclic) bond motifs is 1. The molecule has 300 valence electrons. The van der Waals surface area contributed by atoms with Crippen LogP contribution in [0.15, 0.2) is 155 Å². The van der Waals surface area contributed by atoms with E-state index in [1.54, 1.807) is 109 Å². The van der Waals surface area contributed by atoms with Crippen molar-refractivity contribution in [1.29, 1.82) is 0 Å². The zero-order chi connectivity index (χ0) is 41.6. The van der Waals surface area contributed by atoms with Gasteiger partial charge in [-0.2, -0.15) is 0 Å². The quantitative estimate of drug-likeness (QED) is 0.0728. The zero-order valence-electron chi connectivity index (χ0n) is 31.7. The lowest BCUT2D eigenvalue weighted by Gasteiger charge is -2.25. The average molecular weight is 796 g/mol. The maximum absolute atomic E-state index is 14.2. The van der Waals surface area contributed by atoms with Crippen LogP contribution >= 0.6 is 0 Å². The summed E-state index contributed by atoms with van der Waals surface area (Å²) in [7, 11) is 0. The van der Waals surface area contributed by atoms with Crippen LogP contribution < -0.4 is 21.6 Å². The van der Waals surface area contributed by atoms with Gasteiger partial charge in [0, 0.05) is 24.3 Å². The van der Waals surface area contributed by atoms with Gasteiger partial charge in [-0.15, -0.1) is 0 Å². The number of carbonyl (C=O) groups excluding carboxylic acids is 5. The number of ether oxygens (including phenoxy) is 2. The van der Waals surface area contributed by atoms with E-state index in [0.717, 1.165) is 5.56 Å². The zero-order valence-corrected chi connectivity index (χ0v) is 31.7. The van der Waals surface area contributed by atoms with Crippen molar-refractivity contribution >= 4 is 40.6 Å². The molecule has 3 amide bonds. The van der Waals surface area contributed by atoms with E-state index in [1.165, 1.54) is 24.3 Å². The molecular weight excluding hydrogens is 755 g/mol. The van der Waals surface area contributed by atoms with E-state index < -0.39 is 59.8 Å². The molecule has 1 aromatic heterocycles. The molecule has 0 aliphatic carbocycles. The number of benzene rings is 5. The molecule has 0 unspecified atom stereocenters. The van der Waals surface area contributed by atoms with Crippen molar-refractivity contribution in [2.45, 2.75) is 50.6 Å². The highest BCUT2D eigenvalue weighted by Gasteiger charge is 2.33. The molecule has 13 nitrogen and oxygen atoms in total. The molecular formula is C46H41N3O10. The largest absolute Gasteiger partial charge is 0.508 e. The van der Waals surface area contributed by atoms with Crippen molar-refractivity contribution in [3.63, 3.8) is 0 Å². The molecule has 6 rings (SSSR count). The van der Waals surface area contributed by atoms with Crippen molar-refractivity contribution in [1.82, 2.24) is 16.0 Å². The molecule has 0 bridgehead atoms. The summed E-state index contributed by atoms with van der Waals surface area (Å²) in [5.41, 5.74) is 1.40. The highest BCUT2D eigenvalue weighted by molar-refractivity contribution is 6.00. The third-order valence-electron chi connectivity index (χ3n) is 9.22. The van der Waals surface area contributed by atoms with Gasteiger partial charge in [-0.25, -0.2) is 9.59 Å². The summed E-state index contributed by atoms with van der Waals surface area (Å²) < 4.78 is 16.2. The molecule has 13 heteroatoms. The van der Waals surface area contributed by atoms with Crippen LogP contribution in [0, 0.1) is 0 Å². The molecule has 4 N–H and O–H groups in total. The van der Waals surface area contributed by atoms with E-state index in [-0.39, 0.29) is 43.0 Å². The number of hydrogen-bond donors (Lipinski definition) is 4. The van der Waals surface area contributed by atoms with Gasteiger partial charge >= 0.3 is 17.6 Å². The first-order valence-electron chi connectivity index (χ1n) is 18.8. The number of phenolic OH excluding ortho intramolecular Hbond substituents is 1. The Hall–Kier alpha value is -7.54. The predicted molar refractivity (Wildman–Crippen MR) is 217 cm³/mol. The first-order chi connectivity index (χ1) is 28.6. The van der Waals surface area contributed by atoms with Gasteiger partial charge in [0.25, 0.3) is 5.91 Å². The van der Waals surface area contributed by atoms with E-state index in [4.69, 9.17) is 13.9 Å². The van der Waals surface area contributed by atoms with Gasteiger partial charge in [0.15, 0.2) is 0 Å². The van der Waals surface area contributed by atoms with Crippen LogP contribution in [0.3, 0.4) is 0 Å². The van der Waals surface area contributed by atoms with Crippen LogP contribution in [0.2, 0.25) is 0 Å². The van der Waals surface area contributed by atoms with E-state index >= 15 is 0 Å². The van der Waals surface area contributed by atoms with Crippen molar-refractivity contribution in [3.8, 4) is 5.75 Å². The topological polar surface area (TPSA) is 190 Å². The summed E-state index contributed by atoms with van der Waals surface area (Å²) in [6.07, 6.45) is -0.652. The molecule has 0 saturated carbocycles. The predicted octanol–water partition coefficient (Wildman–Crippen LogP) is 4.93. The molecule has 0 aliphatic rings. The molecule has 0 aliphatic heterocycles. The van der Waals surface area contributed by atoms with Gasteiger partial charge in [0.05, 0.1) is 6.42 Å². The summed E-state index contributed by atoms with van der Waals surface area (Å²) in [4.78, 5) is 81.6. The van der Waals surface area contributed by atoms with Crippen LogP contribution in [-0.4, -0.2) is 52.9 Å². The lowest BCUT2D eigenvalue weighted by atomic mass is 10.0. The Morgan fingerprint density at radius 3 is 1.58 bits per heavy atom. The highest BCUT2D eigenvalue weighted by atomic mass is 16.5. The van der Waals surface area contributed by atoms with Crippen molar-refractivity contribution in [3.05, 3.63) is 184 Å². The molecule has 3 atom stereocenters. The van der Waals surface area contributed by atoms with E-state index in [9.17, 15) is 33.9 Å². The normalized spacial score (nSPS) is 12.3. The number of esters is 2. The van der Waals surface area contributed by atoms with E-state index in [2.05, 4.69) is 16.0 Å². The number of phenols is 1. The number of aromatic hydroxyl groups is 1. The fraction of sp³-hybridized carbons (Fsp3) is 0.174. The Bertz CT molecular complexity index is 2440. The first kappa shape index (κ1) is 41.1. The second-order valence-electron chi connectivity index (χ2n) is 13.6. The number of carbonyl (C=O) groups is 5. The van der Waals surface area contributed by atoms with Gasteiger partial charge in [-0.05, 0) is 40.5 Å². The lowest BCUT2D eigenvalue weighted by molar-refractivity contribution is -0.155. The van der Waals surface area contributed by atoms with Crippen LogP contribution in [0.25, 0.3) is 11.0 Å². The third-order valence-corrected chi connectivity index (χ3v) is 9.22. The summed E-state index contributed by atoms with van der Waals surface area (Å²) in [5, 5.41) is 18.1. The van der Waals surface area contributed by atoms with Crippen LogP contribution in [0.1, 0.15) is 39.0 Å². The van der Waals surface area contributed by atoms with Crippen molar-refractivity contribution in [2.24, 2.45) is 0 Å². The molecule has 0 saturated heterocycles. The highest BCUT2D eigenvalue weighted by Crippen LogP contribution is 2.19. The van der Waals surface area contributed by atoms with Gasteiger partial charge < -0.3 is 34.9 Å². The fourth-order valence-electron chi connectivity index (χ4n) is 6.14. The smallest absolute Gasteiger partial charge is 0.349 e. The van der Waals surface area contributed by atoms with E-state index in [1.807, 2.05) is 12.1 Å². The van der Waals surface area contributed by atoms with Crippen molar-refractivity contribution in [2.75, 3.05) is 0 Å². The van der Waals surface area contributed by atoms with Gasteiger partial charge in [-0.3, -0.25) is 19.2 Å². The first-order valence-corrected chi connectivity index (χ1v) is 18.8. The van der Waals surface area contributed by atoms with E-state index in [0.29, 0.717) is 22.1 Å². The number of rotatable bonds is 17. The second-order valence-corrected chi connectivity index (χ2v) is 13.6. The molecule has 59 heavy (non-hydrogen) atoms. The number of amides is 3. The Kier molecular flexibility index (Phi) is 14.0. The maximum atomic E-state index is 14.2.